The van der Waals surface area contributed by atoms with Crippen molar-refractivity contribution < 1.29 is 4.65 Å². The van der Waals surface area contributed by atoms with Crippen LogP contribution in [0.3, 0.4) is 0 Å². The van der Waals surface area contributed by atoms with Crippen molar-refractivity contribution in [3.05, 3.63) is 24.8 Å². The zero-order valence-electron chi connectivity index (χ0n) is 10.7. The number of hydrogen-bond donors (Lipinski definition) is 0. The van der Waals surface area contributed by atoms with E-state index in [4.69, 9.17) is 4.65 Å². The lowest BCUT2D eigenvalue weighted by Gasteiger charge is -2.16. The fourth-order valence-corrected chi connectivity index (χ4v) is 1.77. The molecule has 0 N–H and O–H groups in total. The first-order valence-electron chi connectivity index (χ1n) is 5.69. The summed E-state index contributed by atoms with van der Waals surface area (Å²) in [6.07, 6.45) is 7.49. The maximum Gasteiger partial charge on any atom is 0.440 e. The van der Waals surface area contributed by atoms with Gasteiger partial charge in [0.15, 0.2) is 0 Å². The smallest absolute Gasteiger partial charge is 0.421 e. The highest BCUT2D eigenvalue weighted by Gasteiger charge is 2.30. The van der Waals surface area contributed by atoms with Gasteiger partial charge in [-0.25, -0.2) is 9.97 Å². The van der Waals surface area contributed by atoms with Gasteiger partial charge in [-0.2, -0.15) is 0 Å². The Morgan fingerprint density at radius 1 is 1.06 bits per heavy atom. The van der Waals surface area contributed by atoms with Gasteiger partial charge in [-0.1, -0.05) is 0 Å². The van der Waals surface area contributed by atoms with Crippen LogP contribution in [0, 0.1) is 0 Å². The molecule has 2 aromatic heterocycles. The number of nitrogens with zero attached hydrogens (tertiary/aromatic N) is 4. The van der Waals surface area contributed by atoms with Crippen LogP contribution in [0.4, 0.5) is 0 Å². The number of imidazole rings is 2. The molecule has 0 saturated carbocycles. The SMILES string of the molecule is CC(C)OB(c1nccn1C)c1nccn1C. The molecule has 0 unspecified atom stereocenters. The highest BCUT2D eigenvalue weighted by Crippen LogP contribution is 1.95. The van der Waals surface area contributed by atoms with Gasteiger partial charge < -0.3 is 13.8 Å². The van der Waals surface area contributed by atoms with Crippen LogP contribution in [0.25, 0.3) is 0 Å². The molecule has 90 valence electrons. The van der Waals surface area contributed by atoms with E-state index in [1.54, 1.807) is 12.4 Å². The minimum atomic E-state index is -0.227. The monoisotopic (exact) mass is 232 g/mol. The van der Waals surface area contributed by atoms with Crippen LogP contribution in [0.5, 0.6) is 0 Å². The first kappa shape index (κ1) is 11.9. The van der Waals surface area contributed by atoms with Crippen LogP contribution in [0.1, 0.15) is 13.8 Å². The van der Waals surface area contributed by atoms with Crippen molar-refractivity contribution in [3.63, 3.8) is 0 Å². The topological polar surface area (TPSA) is 44.9 Å². The van der Waals surface area contributed by atoms with Gasteiger partial charge in [0.05, 0.1) is 0 Å². The Morgan fingerprint density at radius 2 is 1.53 bits per heavy atom. The summed E-state index contributed by atoms with van der Waals surface area (Å²) in [5.41, 5.74) is 1.74. The molecule has 0 radical (unpaired) electrons. The molecule has 2 rings (SSSR count). The number of aromatic nitrogens is 4. The summed E-state index contributed by atoms with van der Waals surface area (Å²) >= 11 is 0. The summed E-state index contributed by atoms with van der Waals surface area (Å²) in [5, 5.41) is 0. The fraction of sp³-hybridized carbons (Fsp3) is 0.455. The van der Waals surface area contributed by atoms with Gasteiger partial charge in [0.1, 0.15) is 11.4 Å². The molecule has 0 atom stereocenters. The Hall–Kier alpha value is -1.56. The molecule has 6 heteroatoms. The quantitative estimate of drug-likeness (QED) is 0.679. The minimum absolute atomic E-state index is 0.119. The van der Waals surface area contributed by atoms with E-state index in [0.717, 1.165) is 11.4 Å². The zero-order valence-corrected chi connectivity index (χ0v) is 10.7. The van der Waals surface area contributed by atoms with Crippen molar-refractivity contribution in [1.29, 1.82) is 0 Å². The summed E-state index contributed by atoms with van der Waals surface area (Å²) in [4.78, 5) is 8.70. The lowest BCUT2D eigenvalue weighted by atomic mass is 9.65. The third kappa shape index (κ3) is 2.41. The molecule has 2 heterocycles. The van der Waals surface area contributed by atoms with E-state index < -0.39 is 0 Å². The largest absolute Gasteiger partial charge is 0.440 e. The molecule has 0 amide bonds. The van der Waals surface area contributed by atoms with Gasteiger partial charge in [-0.15, -0.1) is 0 Å². The highest BCUT2D eigenvalue weighted by atomic mass is 16.4. The molecule has 2 aromatic rings. The standard InChI is InChI=1S/C11H17BN4O/c1-9(2)17-12(10-13-5-7-15(10)3)11-14-6-8-16(11)4/h5-9H,1-4H3. The lowest BCUT2D eigenvalue weighted by molar-refractivity contribution is 0.251. The van der Waals surface area contributed by atoms with E-state index in [1.165, 1.54) is 0 Å². The molecule has 0 fully saturated rings. The van der Waals surface area contributed by atoms with Crippen LogP contribution in [-0.2, 0) is 18.7 Å². The van der Waals surface area contributed by atoms with Gasteiger partial charge in [-0.3, -0.25) is 0 Å². The summed E-state index contributed by atoms with van der Waals surface area (Å²) in [6, 6.07) is 0. The van der Waals surface area contributed by atoms with E-state index in [-0.39, 0.29) is 13.0 Å². The van der Waals surface area contributed by atoms with Crippen molar-refractivity contribution in [2.75, 3.05) is 0 Å². The van der Waals surface area contributed by atoms with E-state index in [9.17, 15) is 0 Å². The predicted molar refractivity (Wildman–Crippen MR) is 67.7 cm³/mol. The molecule has 5 nitrogen and oxygen atoms in total. The predicted octanol–water partition coefficient (Wildman–Crippen LogP) is -0.316. The van der Waals surface area contributed by atoms with Crippen molar-refractivity contribution in [2.45, 2.75) is 20.0 Å². The van der Waals surface area contributed by atoms with Gasteiger partial charge in [-0.05, 0) is 13.8 Å². The summed E-state index contributed by atoms with van der Waals surface area (Å²) in [5.74, 6) is 0. The summed E-state index contributed by atoms with van der Waals surface area (Å²) < 4.78 is 9.85. The van der Waals surface area contributed by atoms with E-state index in [1.807, 2.05) is 49.5 Å². The maximum atomic E-state index is 5.93. The maximum absolute atomic E-state index is 5.93. The summed E-state index contributed by atoms with van der Waals surface area (Å²) in [6.45, 7) is 3.80. The third-order valence-electron chi connectivity index (χ3n) is 2.59. The van der Waals surface area contributed by atoms with E-state index in [0.29, 0.717) is 0 Å². The molecular weight excluding hydrogens is 215 g/mol. The molecule has 0 aliphatic heterocycles. The molecule has 17 heavy (non-hydrogen) atoms. The number of aryl methyl sites for hydroxylation is 2. The Morgan fingerprint density at radius 3 is 1.82 bits per heavy atom. The zero-order chi connectivity index (χ0) is 12.4. The average Bonchev–Trinajstić information content (AvgIpc) is 2.84. The van der Waals surface area contributed by atoms with Crippen LogP contribution < -0.4 is 11.4 Å². The third-order valence-corrected chi connectivity index (χ3v) is 2.59. The Kier molecular flexibility index (Phi) is 3.33. The normalized spacial score (nSPS) is 11.1. The van der Waals surface area contributed by atoms with Crippen molar-refractivity contribution in [1.82, 2.24) is 19.1 Å². The van der Waals surface area contributed by atoms with Crippen molar-refractivity contribution in [3.8, 4) is 0 Å². The van der Waals surface area contributed by atoms with Gasteiger partial charge >= 0.3 is 6.92 Å². The second kappa shape index (κ2) is 4.75. The summed E-state index contributed by atoms with van der Waals surface area (Å²) in [7, 11) is 3.92. The molecule has 0 spiro atoms. The molecule has 0 saturated heterocycles. The van der Waals surface area contributed by atoms with Crippen LogP contribution in [0.15, 0.2) is 24.8 Å². The van der Waals surface area contributed by atoms with Crippen LogP contribution >= 0.6 is 0 Å². The van der Waals surface area contributed by atoms with Crippen LogP contribution in [0.2, 0.25) is 0 Å². The second-order valence-corrected chi connectivity index (χ2v) is 4.36. The van der Waals surface area contributed by atoms with Crippen molar-refractivity contribution in [2.24, 2.45) is 14.1 Å². The van der Waals surface area contributed by atoms with Crippen LogP contribution in [-0.4, -0.2) is 32.1 Å². The Bertz CT molecular complexity index is 451. The minimum Gasteiger partial charge on any atom is -0.421 e. The molecule has 0 bridgehead atoms. The number of hydrogen-bond acceptors (Lipinski definition) is 3. The average molecular weight is 232 g/mol. The van der Waals surface area contributed by atoms with E-state index in [2.05, 4.69) is 9.97 Å². The Labute approximate surface area is 102 Å². The highest BCUT2D eigenvalue weighted by molar-refractivity contribution is 6.77. The first-order chi connectivity index (χ1) is 8.09. The molecule has 0 aliphatic carbocycles. The second-order valence-electron chi connectivity index (χ2n) is 4.36. The Balaban J connectivity index is 2.39. The van der Waals surface area contributed by atoms with E-state index >= 15 is 0 Å². The lowest BCUT2D eigenvalue weighted by Crippen LogP contribution is -2.53. The van der Waals surface area contributed by atoms with Gasteiger partial charge in [0, 0.05) is 45.0 Å². The molecule has 0 aliphatic rings. The van der Waals surface area contributed by atoms with Crippen molar-refractivity contribution >= 4 is 18.4 Å². The fourth-order valence-electron chi connectivity index (χ4n) is 1.77. The van der Waals surface area contributed by atoms with Gasteiger partial charge in [0.2, 0.25) is 0 Å². The first-order valence-corrected chi connectivity index (χ1v) is 5.69. The number of rotatable bonds is 4. The molecular formula is C11H17BN4O. The van der Waals surface area contributed by atoms with Gasteiger partial charge in [0.25, 0.3) is 0 Å². The molecule has 0 aromatic carbocycles.